The Kier molecular flexibility index (Phi) is 3.65. The van der Waals surface area contributed by atoms with Gasteiger partial charge in [-0.15, -0.1) is 0 Å². The van der Waals surface area contributed by atoms with Crippen LogP contribution in [0.5, 0.6) is 0 Å². The third-order valence-electron chi connectivity index (χ3n) is 3.64. The Balaban J connectivity index is 2.11. The van der Waals surface area contributed by atoms with Crippen molar-refractivity contribution >= 4 is 17.9 Å². The Morgan fingerprint density at radius 2 is 1.63 bits per heavy atom. The van der Waals surface area contributed by atoms with Gasteiger partial charge >= 0.3 is 0 Å². The predicted octanol–water partition coefficient (Wildman–Crippen LogP) is 2.62. The van der Waals surface area contributed by atoms with Crippen LogP contribution in [0.3, 0.4) is 0 Å². The molecule has 0 unspecified atom stereocenters. The Bertz CT molecular complexity index is 491. The molecule has 19 heavy (non-hydrogen) atoms. The minimum absolute atomic E-state index is 0.0423. The number of carbonyl (C=O) groups excluding carboxylic acids is 3. The molecular weight excluding hydrogens is 240 g/mol. The van der Waals surface area contributed by atoms with Gasteiger partial charge in [-0.2, -0.15) is 0 Å². The lowest BCUT2D eigenvalue weighted by atomic mass is 9.70. The second kappa shape index (κ2) is 5.08. The molecule has 1 fully saturated rings. The van der Waals surface area contributed by atoms with Crippen LogP contribution in [0.15, 0.2) is 24.3 Å². The quantitative estimate of drug-likeness (QED) is 0.618. The third-order valence-corrected chi connectivity index (χ3v) is 3.64. The first-order valence-electron chi connectivity index (χ1n) is 6.51. The molecule has 100 valence electrons. The largest absolute Gasteiger partial charge is 0.299 e. The Morgan fingerprint density at radius 1 is 1.11 bits per heavy atom. The fraction of sp³-hybridized carbons (Fsp3) is 0.438. The Hall–Kier alpha value is -1.77. The van der Waals surface area contributed by atoms with E-state index in [1.807, 2.05) is 26.0 Å². The highest BCUT2D eigenvalue weighted by molar-refractivity contribution is 6.05. The minimum Gasteiger partial charge on any atom is -0.299 e. The van der Waals surface area contributed by atoms with E-state index in [2.05, 4.69) is 0 Å². The van der Waals surface area contributed by atoms with Gasteiger partial charge in [-0.1, -0.05) is 38.1 Å². The van der Waals surface area contributed by atoms with Crippen LogP contribution in [-0.2, 0) is 16.0 Å². The summed E-state index contributed by atoms with van der Waals surface area (Å²) >= 11 is 0. The second-order valence-electron chi connectivity index (χ2n) is 6.07. The average Bonchev–Trinajstić information content (AvgIpc) is 2.33. The highest BCUT2D eigenvalue weighted by Crippen LogP contribution is 2.35. The van der Waals surface area contributed by atoms with E-state index < -0.39 is 5.92 Å². The molecule has 0 heterocycles. The number of ketones is 2. The van der Waals surface area contributed by atoms with Gasteiger partial charge in [0.2, 0.25) is 0 Å². The van der Waals surface area contributed by atoms with E-state index in [4.69, 9.17) is 0 Å². The van der Waals surface area contributed by atoms with Gasteiger partial charge in [0.05, 0.1) is 5.92 Å². The molecule has 0 bridgehead atoms. The summed E-state index contributed by atoms with van der Waals surface area (Å²) in [5, 5.41) is 0. The number of benzene rings is 1. The van der Waals surface area contributed by atoms with Crippen LogP contribution in [-0.4, -0.2) is 17.9 Å². The normalized spacial score (nSPS) is 19.5. The van der Waals surface area contributed by atoms with Crippen molar-refractivity contribution in [3.05, 3.63) is 35.4 Å². The van der Waals surface area contributed by atoms with Crippen molar-refractivity contribution in [1.82, 2.24) is 0 Å². The lowest BCUT2D eigenvalue weighted by Gasteiger charge is -2.32. The van der Waals surface area contributed by atoms with Crippen molar-refractivity contribution in [2.75, 3.05) is 0 Å². The molecule has 3 heteroatoms. The maximum absolute atomic E-state index is 12.1. The van der Waals surface area contributed by atoms with E-state index in [9.17, 15) is 14.4 Å². The lowest BCUT2D eigenvalue weighted by molar-refractivity contribution is -0.139. The number of rotatable bonds is 3. The molecule has 3 nitrogen and oxygen atoms in total. The van der Waals surface area contributed by atoms with Crippen molar-refractivity contribution < 1.29 is 14.4 Å². The fourth-order valence-electron chi connectivity index (χ4n) is 2.63. The molecule has 1 aromatic carbocycles. The smallest absolute Gasteiger partial charge is 0.150 e. The summed E-state index contributed by atoms with van der Waals surface area (Å²) in [4.78, 5) is 34.7. The average molecular weight is 258 g/mol. The first-order chi connectivity index (χ1) is 8.91. The Morgan fingerprint density at radius 3 is 2.11 bits per heavy atom. The van der Waals surface area contributed by atoms with Gasteiger partial charge < -0.3 is 0 Å². The molecule has 0 N–H and O–H groups in total. The second-order valence-corrected chi connectivity index (χ2v) is 6.07. The van der Waals surface area contributed by atoms with Crippen molar-refractivity contribution in [3.63, 3.8) is 0 Å². The maximum Gasteiger partial charge on any atom is 0.150 e. The van der Waals surface area contributed by atoms with Gasteiger partial charge in [-0.05, 0) is 17.4 Å². The van der Waals surface area contributed by atoms with Crippen LogP contribution >= 0.6 is 0 Å². The monoisotopic (exact) mass is 258 g/mol. The van der Waals surface area contributed by atoms with E-state index in [0.717, 1.165) is 11.8 Å². The fourth-order valence-corrected chi connectivity index (χ4v) is 2.63. The molecule has 0 amide bonds. The zero-order valence-electron chi connectivity index (χ0n) is 11.3. The number of Topliss-reactive ketones (excluding diaryl/α,β-unsaturated/α-hetero) is 2. The topological polar surface area (TPSA) is 51.2 Å². The summed E-state index contributed by atoms with van der Waals surface area (Å²) in [6.45, 7) is 3.91. The van der Waals surface area contributed by atoms with Crippen LogP contribution in [0.2, 0.25) is 0 Å². The third kappa shape index (κ3) is 3.16. The number of hydrogen-bond donors (Lipinski definition) is 0. The van der Waals surface area contributed by atoms with Gasteiger partial charge in [0.15, 0.2) is 0 Å². The molecule has 0 aromatic heterocycles. The first kappa shape index (κ1) is 13.7. The SMILES string of the molecule is CC1(C)CC(=O)C(Cc2ccc(C=O)cc2)C(=O)C1. The van der Waals surface area contributed by atoms with Gasteiger partial charge in [0.1, 0.15) is 17.9 Å². The van der Waals surface area contributed by atoms with E-state index in [0.29, 0.717) is 24.8 Å². The lowest BCUT2D eigenvalue weighted by Crippen LogP contribution is -2.38. The van der Waals surface area contributed by atoms with Crippen LogP contribution < -0.4 is 0 Å². The molecule has 0 spiro atoms. The summed E-state index contributed by atoms with van der Waals surface area (Å²) in [6.07, 6.45) is 2.17. The Labute approximate surface area is 113 Å². The molecular formula is C16H18O3. The van der Waals surface area contributed by atoms with Crippen LogP contribution in [0.4, 0.5) is 0 Å². The molecule has 2 rings (SSSR count). The number of carbonyl (C=O) groups is 3. The molecule has 1 aromatic rings. The molecule has 1 saturated carbocycles. The van der Waals surface area contributed by atoms with Crippen molar-refractivity contribution in [2.45, 2.75) is 33.1 Å². The maximum atomic E-state index is 12.1. The number of hydrogen-bond acceptors (Lipinski definition) is 3. The standard InChI is InChI=1S/C16H18O3/c1-16(2)8-14(18)13(15(19)9-16)7-11-3-5-12(10-17)6-4-11/h3-6,10,13H,7-9H2,1-2H3. The van der Waals surface area contributed by atoms with Crippen LogP contribution in [0.25, 0.3) is 0 Å². The van der Waals surface area contributed by atoms with Gasteiger partial charge in [0, 0.05) is 18.4 Å². The summed E-state index contributed by atoms with van der Waals surface area (Å²) in [5.41, 5.74) is 1.33. The van der Waals surface area contributed by atoms with Crippen LogP contribution in [0, 0.1) is 11.3 Å². The molecule has 0 saturated heterocycles. The summed E-state index contributed by atoms with van der Waals surface area (Å²) in [6, 6.07) is 7.04. The highest BCUT2D eigenvalue weighted by atomic mass is 16.2. The van der Waals surface area contributed by atoms with Crippen molar-refractivity contribution in [1.29, 1.82) is 0 Å². The van der Waals surface area contributed by atoms with E-state index >= 15 is 0 Å². The molecule has 1 aliphatic rings. The first-order valence-corrected chi connectivity index (χ1v) is 6.51. The number of aldehydes is 1. The van der Waals surface area contributed by atoms with E-state index in [-0.39, 0.29) is 17.0 Å². The molecule has 0 atom stereocenters. The van der Waals surface area contributed by atoms with Crippen molar-refractivity contribution in [2.24, 2.45) is 11.3 Å². The van der Waals surface area contributed by atoms with Gasteiger partial charge in [-0.25, -0.2) is 0 Å². The van der Waals surface area contributed by atoms with E-state index in [1.54, 1.807) is 12.1 Å². The summed E-state index contributed by atoms with van der Waals surface area (Å²) in [7, 11) is 0. The zero-order valence-corrected chi connectivity index (χ0v) is 11.3. The predicted molar refractivity (Wildman–Crippen MR) is 72.1 cm³/mol. The zero-order chi connectivity index (χ0) is 14.0. The summed E-state index contributed by atoms with van der Waals surface area (Å²) in [5.74, 6) is -0.420. The van der Waals surface area contributed by atoms with Gasteiger partial charge in [0.25, 0.3) is 0 Å². The minimum atomic E-state index is -0.505. The summed E-state index contributed by atoms with van der Waals surface area (Å²) < 4.78 is 0. The molecule has 0 aliphatic heterocycles. The van der Waals surface area contributed by atoms with E-state index in [1.165, 1.54) is 0 Å². The highest BCUT2D eigenvalue weighted by Gasteiger charge is 2.39. The van der Waals surface area contributed by atoms with Crippen molar-refractivity contribution in [3.8, 4) is 0 Å². The van der Waals surface area contributed by atoms with Crippen LogP contribution in [0.1, 0.15) is 42.6 Å². The van der Waals surface area contributed by atoms with Gasteiger partial charge in [-0.3, -0.25) is 14.4 Å². The molecule has 0 radical (unpaired) electrons. The molecule has 1 aliphatic carbocycles.